The Morgan fingerprint density at radius 3 is 2.73 bits per heavy atom. The normalized spacial score (nSPS) is 32.1. The zero-order valence-electron chi connectivity index (χ0n) is 9.14. The number of amides is 1. The van der Waals surface area contributed by atoms with Crippen LogP contribution in [0, 0.1) is 5.92 Å². The van der Waals surface area contributed by atoms with E-state index in [1.54, 1.807) is 13.8 Å². The summed E-state index contributed by atoms with van der Waals surface area (Å²) >= 11 is 0. The van der Waals surface area contributed by atoms with Gasteiger partial charge in [0, 0.05) is 6.04 Å². The number of carbonyl (C=O) groups excluding carboxylic acids is 1. The minimum atomic E-state index is -0.244. The lowest BCUT2D eigenvalue weighted by molar-refractivity contribution is -0.122. The van der Waals surface area contributed by atoms with Gasteiger partial charge in [-0.15, -0.1) is 0 Å². The predicted octanol–water partition coefficient (Wildman–Crippen LogP) is 1.12. The van der Waals surface area contributed by atoms with Crippen LogP contribution in [0.5, 0.6) is 0 Å². The van der Waals surface area contributed by atoms with Crippen molar-refractivity contribution in [3.05, 3.63) is 11.4 Å². The summed E-state index contributed by atoms with van der Waals surface area (Å²) in [4.78, 5) is 11.6. The van der Waals surface area contributed by atoms with Crippen molar-refractivity contribution in [3.8, 4) is 0 Å². The average molecular weight is 212 g/mol. The van der Waals surface area contributed by atoms with Crippen LogP contribution >= 0.6 is 0 Å². The Morgan fingerprint density at radius 2 is 2.20 bits per heavy atom. The van der Waals surface area contributed by atoms with Gasteiger partial charge in [0.25, 0.3) is 0 Å². The van der Waals surface area contributed by atoms with E-state index >= 15 is 0 Å². The first-order chi connectivity index (χ1) is 7.08. The van der Waals surface area contributed by atoms with Gasteiger partial charge in [-0.05, 0) is 38.2 Å². The van der Waals surface area contributed by atoms with E-state index in [9.17, 15) is 9.18 Å². The van der Waals surface area contributed by atoms with Crippen molar-refractivity contribution < 1.29 is 9.18 Å². The zero-order valence-corrected chi connectivity index (χ0v) is 9.14. The van der Waals surface area contributed by atoms with Gasteiger partial charge in [0.2, 0.25) is 5.91 Å². The Hall–Kier alpha value is -0.900. The third-order valence-corrected chi connectivity index (χ3v) is 3.15. The molecule has 0 bridgehead atoms. The SMILES string of the molecule is CC(C)=C(F)CNC(=O)[C@@H]1C[C@H]2C[C@H]2N1. The van der Waals surface area contributed by atoms with Gasteiger partial charge in [-0.25, -0.2) is 4.39 Å². The Bertz CT molecular complexity index is 300. The summed E-state index contributed by atoms with van der Waals surface area (Å²) < 4.78 is 13.1. The number of allylic oxidation sites excluding steroid dienone is 1. The van der Waals surface area contributed by atoms with Crippen LogP contribution < -0.4 is 10.6 Å². The summed E-state index contributed by atoms with van der Waals surface area (Å²) in [6, 6.07) is 0.452. The van der Waals surface area contributed by atoms with E-state index in [2.05, 4.69) is 10.6 Å². The Labute approximate surface area is 89.1 Å². The lowest BCUT2D eigenvalue weighted by atomic mass is 10.1. The molecular weight excluding hydrogens is 195 g/mol. The minimum Gasteiger partial charge on any atom is -0.348 e. The molecule has 1 heterocycles. The standard InChI is InChI=1S/C11H17FN2O/c1-6(2)8(12)5-13-11(15)10-4-7-3-9(7)14-10/h7,9-10,14H,3-5H2,1-2H3,(H,13,15)/t7-,9-,10+/m1/s1. The average Bonchev–Trinajstić information content (AvgIpc) is 2.81. The van der Waals surface area contributed by atoms with Gasteiger partial charge in [-0.3, -0.25) is 4.79 Å². The summed E-state index contributed by atoms with van der Waals surface area (Å²) in [6.45, 7) is 3.42. The van der Waals surface area contributed by atoms with E-state index in [1.807, 2.05) is 0 Å². The number of halogens is 1. The zero-order chi connectivity index (χ0) is 11.0. The highest BCUT2D eigenvalue weighted by Gasteiger charge is 2.47. The molecule has 0 spiro atoms. The van der Waals surface area contributed by atoms with Crippen LogP contribution in [0.3, 0.4) is 0 Å². The molecule has 0 radical (unpaired) electrons. The van der Waals surface area contributed by atoms with Crippen LogP contribution in [-0.2, 0) is 4.79 Å². The van der Waals surface area contributed by atoms with Crippen molar-refractivity contribution in [2.45, 2.75) is 38.8 Å². The van der Waals surface area contributed by atoms with Crippen molar-refractivity contribution in [3.63, 3.8) is 0 Å². The second-order valence-electron chi connectivity index (χ2n) is 4.68. The van der Waals surface area contributed by atoms with Crippen LogP contribution in [0.1, 0.15) is 26.7 Å². The number of carbonyl (C=O) groups is 1. The van der Waals surface area contributed by atoms with Crippen LogP contribution in [0.4, 0.5) is 4.39 Å². The second-order valence-corrected chi connectivity index (χ2v) is 4.68. The molecular formula is C11H17FN2O. The van der Waals surface area contributed by atoms with Gasteiger partial charge in [0.1, 0.15) is 5.83 Å². The van der Waals surface area contributed by atoms with E-state index in [0.717, 1.165) is 6.42 Å². The van der Waals surface area contributed by atoms with E-state index in [0.29, 0.717) is 17.5 Å². The number of fused-ring (bicyclic) bond motifs is 1. The molecule has 2 N–H and O–H groups in total. The Morgan fingerprint density at radius 1 is 1.47 bits per heavy atom. The Kier molecular flexibility index (Phi) is 2.78. The molecule has 15 heavy (non-hydrogen) atoms. The maximum atomic E-state index is 13.1. The van der Waals surface area contributed by atoms with Crippen molar-refractivity contribution in [1.82, 2.24) is 10.6 Å². The summed E-state index contributed by atoms with van der Waals surface area (Å²) in [5.41, 5.74) is 0.623. The smallest absolute Gasteiger partial charge is 0.237 e. The first kappa shape index (κ1) is 10.6. The van der Waals surface area contributed by atoms with E-state index in [-0.39, 0.29) is 24.3 Å². The minimum absolute atomic E-state index is 0.0225. The van der Waals surface area contributed by atoms with Gasteiger partial charge in [0.05, 0.1) is 12.6 Å². The van der Waals surface area contributed by atoms with Crippen molar-refractivity contribution >= 4 is 5.91 Å². The van der Waals surface area contributed by atoms with E-state index in [1.165, 1.54) is 6.42 Å². The van der Waals surface area contributed by atoms with Crippen LogP contribution in [0.25, 0.3) is 0 Å². The van der Waals surface area contributed by atoms with Gasteiger partial charge >= 0.3 is 0 Å². The fraction of sp³-hybridized carbons (Fsp3) is 0.727. The topological polar surface area (TPSA) is 41.1 Å². The third-order valence-electron chi connectivity index (χ3n) is 3.15. The molecule has 2 fully saturated rings. The van der Waals surface area contributed by atoms with E-state index in [4.69, 9.17) is 0 Å². The highest BCUT2D eigenvalue weighted by Crippen LogP contribution is 2.40. The maximum Gasteiger partial charge on any atom is 0.237 e. The summed E-state index contributed by atoms with van der Waals surface area (Å²) in [6.07, 6.45) is 2.11. The monoisotopic (exact) mass is 212 g/mol. The van der Waals surface area contributed by atoms with Crippen molar-refractivity contribution in [2.75, 3.05) is 6.54 Å². The van der Waals surface area contributed by atoms with Crippen LogP contribution in [0.15, 0.2) is 11.4 Å². The Balaban J connectivity index is 1.75. The first-order valence-corrected chi connectivity index (χ1v) is 5.43. The van der Waals surface area contributed by atoms with Crippen LogP contribution in [0.2, 0.25) is 0 Å². The fourth-order valence-electron chi connectivity index (χ4n) is 1.99. The lowest BCUT2D eigenvalue weighted by Crippen LogP contribution is -2.42. The summed E-state index contributed by atoms with van der Waals surface area (Å²) in [5, 5.41) is 5.84. The van der Waals surface area contributed by atoms with Gasteiger partial charge in [-0.2, -0.15) is 0 Å². The molecule has 1 saturated heterocycles. The molecule has 2 aliphatic rings. The molecule has 84 valence electrons. The molecule has 0 aromatic carbocycles. The highest BCUT2D eigenvalue weighted by atomic mass is 19.1. The largest absolute Gasteiger partial charge is 0.348 e. The molecule has 3 atom stereocenters. The third kappa shape index (κ3) is 2.37. The van der Waals surface area contributed by atoms with E-state index < -0.39 is 0 Å². The first-order valence-electron chi connectivity index (χ1n) is 5.43. The lowest BCUT2D eigenvalue weighted by Gasteiger charge is -2.12. The molecule has 4 heteroatoms. The molecule has 1 amide bonds. The molecule has 0 aromatic rings. The molecule has 1 saturated carbocycles. The van der Waals surface area contributed by atoms with Gasteiger partial charge in [-0.1, -0.05) is 0 Å². The second kappa shape index (κ2) is 3.93. The maximum absolute atomic E-state index is 13.1. The quantitative estimate of drug-likeness (QED) is 0.736. The molecule has 0 aromatic heterocycles. The van der Waals surface area contributed by atoms with Gasteiger partial charge in [0.15, 0.2) is 0 Å². The highest BCUT2D eigenvalue weighted by molar-refractivity contribution is 5.82. The van der Waals surface area contributed by atoms with Gasteiger partial charge < -0.3 is 10.6 Å². The number of hydrogen-bond donors (Lipinski definition) is 2. The fourth-order valence-corrected chi connectivity index (χ4v) is 1.99. The molecule has 2 rings (SSSR count). The molecule has 0 unspecified atom stereocenters. The molecule has 1 aliphatic carbocycles. The summed E-state index contributed by atoms with van der Waals surface area (Å²) in [5.74, 6) is 0.374. The van der Waals surface area contributed by atoms with Crippen molar-refractivity contribution in [2.24, 2.45) is 5.92 Å². The summed E-state index contributed by atoms with van der Waals surface area (Å²) in [7, 11) is 0. The predicted molar refractivity (Wildman–Crippen MR) is 55.9 cm³/mol. The van der Waals surface area contributed by atoms with Crippen molar-refractivity contribution in [1.29, 1.82) is 0 Å². The number of rotatable bonds is 3. The molecule has 1 aliphatic heterocycles. The van der Waals surface area contributed by atoms with Crippen LogP contribution in [-0.4, -0.2) is 24.5 Å². The number of hydrogen-bond acceptors (Lipinski definition) is 2. The number of piperidine rings is 1. The molecule has 3 nitrogen and oxygen atoms in total. The number of nitrogens with one attached hydrogen (secondary N) is 2.